The van der Waals surface area contributed by atoms with Crippen molar-refractivity contribution in [3.63, 3.8) is 0 Å². The van der Waals surface area contributed by atoms with Crippen molar-refractivity contribution < 1.29 is 18.3 Å². The number of nitrogens with zero attached hydrogens (tertiary/aromatic N) is 4. The summed E-state index contributed by atoms with van der Waals surface area (Å²) in [4.78, 5) is 2.27. The summed E-state index contributed by atoms with van der Waals surface area (Å²) < 4.78 is 33.6. The Labute approximate surface area is 179 Å². The summed E-state index contributed by atoms with van der Waals surface area (Å²) in [6.45, 7) is 3.89. The maximum Gasteiger partial charge on any atom is 0.188 e. The van der Waals surface area contributed by atoms with Gasteiger partial charge in [-0.05, 0) is 57.1 Å². The largest absolute Gasteiger partial charge is 0.466 e. The number of furan rings is 1. The number of likely N-dealkylation sites (N-methyl/N-ethyl adjacent to an activating group) is 1. The number of ether oxygens (including phenoxy) is 2. The number of methoxy groups -OCH3 is 1. The lowest BCUT2D eigenvalue weighted by Crippen LogP contribution is -2.33. The molecule has 8 heteroatoms. The fourth-order valence-electron chi connectivity index (χ4n) is 4.60. The van der Waals surface area contributed by atoms with Crippen LogP contribution in [0.25, 0.3) is 33.3 Å². The molecule has 1 atom stereocenters. The van der Waals surface area contributed by atoms with Crippen molar-refractivity contribution in [1.29, 1.82) is 0 Å². The molecule has 1 aromatic carbocycles. The maximum absolute atomic E-state index is 15.2. The van der Waals surface area contributed by atoms with E-state index < -0.39 is 0 Å². The Kier molecular flexibility index (Phi) is 5.11. The monoisotopic (exact) mass is 424 g/mol. The minimum Gasteiger partial charge on any atom is -0.466 e. The molecule has 31 heavy (non-hydrogen) atoms. The highest BCUT2D eigenvalue weighted by molar-refractivity contribution is 5.94. The van der Waals surface area contributed by atoms with E-state index in [9.17, 15) is 0 Å². The van der Waals surface area contributed by atoms with Gasteiger partial charge >= 0.3 is 0 Å². The molecule has 0 N–H and O–H groups in total. The normalized spacial score (nSPS) is 17.6. The Bertz CT molecular complexity index is 1250. The molecule has 1 aliphatic rings. The van der Waals surface area contributed by atoms with Crippen LogP contribution in [-0.4, -0.2) is 53.7 Å². The van der Waals surface area contributed by atoms with Crippen molar-refractivity contribution in [2.75, 3.05) is 34.0 Å². The number of hydrogen-bond donors (Lipinski definition) is 0. The second-order valence-corrected chi connectivity index (χ2v) is 8.14. The highest BCUT2D eigenvalue weighted by atomic mass is 19.1. The van der Waals surface area contributed by atoms with Crippen LogP contribution in [-0.2, 0) is 4.74 Å². The summed E-state index contributed by atoms with van der Waals surface area (Å²) >= 11 is 0. The first-order valence-corrected chi connectivity index (χ1v) is 10.4. The first kappa shape index (κ1) is 20.0. The van der Waals surface area contributed by atoms with Crippen molar-refractivity contribution in [2.45, 2.75) is 25.8 Å². The third kappa shape index (κ3) is 3.36. The fourth-order valence-corrected chi connectivity index (χ4v) is 4.60. The van der Waals surface area contributed by atoms with Crippen molar-refractivity contribution in [3.8, 4) is 17.0 Å². The lowest BCUT2D eigenvalue weighted by molar-refractivity contribution is 0.0526. The molecule has 0 amide bonds. The second kappa shape index (κ2) is 7.94. The molecule has 1 aliphatic heterocycles. The van der Waals surface area contributed by atoms with Crippen molar-refractivity contribution >= 4 is 22.0 Å². The molecule has 0 bridgehead atoms. The summed E-state index contributed by atoms with van der Waals surface area (Å²) in [6.07, 6.45) is 5.26. The number of piperidine rings is 1. The predicted molar refractivity (Wildman–Crippen MR) is 116 cm³/mol. The van der Waals surface area contributed by atoms with E-state index >= 15 is 4.39 Å². The first-order valence-electron chi connectivity index (χ1n) is 10.4. The molecular formula is C23H25FN4O3. The van der Waals surface area contributed by atoms with Gasteiger partial charge in [-0.3, -0.25) is 0 Å². The summed E-state index contributed by atoms with van der Waals surface area (Å²) in [6, 6.07) is 5.75. The molecule has 1 fully saturated rings. The average molecular weight is 424 g/mol. The van der Waals surface area contributed by atoms with Gasteiger partial charge in [0.2, 0.25) is 0 Å². The highest BCUT2D eigenvalue weighted by Gasteiger charge is 2.25. The number of rotatable bonds is 5. The lowest BCUT2D eigenvalue weighted by Gasteiger charge is -2.30. The number of hydrogen-bond acceptors (Lipinski definition) is 6. The van der Waals surface area contributed by atoms with Gasteiger partial charge in [-0.25, -0.2) is 4.39 Å². The third-order valence-electron chi connectivity index (χ3n) is 6.09. The van der Waals surface area contributed by atoms with Crippen molar-refractivity contribution in [1.82, 2.24) is 19.7 Å². The summed E-state index contributed by atoms with van der Waals surface area (Å²) in [5.41, 5.74) is 3.32. The number of likely N-dealkylation sites (tertiary alicyclic amines) is 1. The summed E-state index contributed by atoms with van der Waals surface area (Å²) in [5.74, 6) is 0.305. The molecule has 7 nitrogen and oxygen atoms in total. The molecule has 162 valence electrons. The van der Waals surface area contributed by atoms with Gasteiger partial charge in [0, 0.05) is 31.5 Å². The molecule has 0 radical (unpaired) electrons. The Morgan fingerprint density at radius 2 is 2.13 bits per heavy atom. The molecule has 5 rings (SSSR count). The summed E-state index contributed by atoms with van der Waals surface area (Å²) in [7, 11) is 3.66. The molecule has 0 unspecified atom stereocenters. The second-order valence-electron chi connectivity index (χ2n) is 8.14. The van der Waals surface area contributed by atoms with Gasteiger partial charge in [-0.1, -0.05) is 0 Å². The third-order valence-corrected chi connectivity index (χ3v) is 6.09. The van der Waals surface area contributed by atoms with E-state index in [1.165, 1.54) is 0 Å². The Morgan fingerprint density at radius 1 is 1.26 bits per heavy atom. The number of aryl methyl sites for hydroxylation is 1. The quantitative estimate of drug-likeness (QED) is 0.438. The van der Waals surface area contributed by atoms with Crippen LogP contribution in [0.1, 0.15) is 24.4 Å². The van der Waals surface area contributed by atoms with Crippen LogP contribution < -0.4 is 4.74 Å². The molecule has 3 aromatic heterocycles. The van der Waals surface area contributed by atoms with Gasteiger partial charge in [-0.15, -0.1) is 10.2 Å². The first-order chi connectivity index (χ1) is 15.1. The minimum absolute atomic E-state index is 0.0753. The van der Waals surface area contributed by atoms with E-state index in [1.54, 1.807) is 19.6 Å². The van der Waals surface area contributed by atoms with Crippen LogP contribution in [0.15, 0.2) is 35.1 Å². The number of aromatic nitrogens is 3. The molecule has 0 saturated carbocycles. The van der Waals surface area contributed by atoms with Crippen molar-refractivity contribution in [2.24, 2.45) is 0 Å². The zero-order valence-electron chi connectivity index (χ0n) is 17.9. The van der Waals surface area contributed by atoms with Gasteiger partial charge in [-0.2, -0.15) is 0 Å². The predicted octanol–water partition coefficient (Wildman–Crippen LogP) is 4.54. The van der Waals surface area contributed by atoms with Crippen molar-refractivity contribution in [3.05, 3.63) is 42.0 Å². The zero-order chi connectivity index (χ0) is 21.5. The van der Waals surface area contributed by atoms with Crippen LogP contribution in [0.3, 0.4) is 0 Å². The maximum atomic E-state index is 15.2. The van der Waals surface area contributed by atoms with Gasteiger partial charge in [0.1, 0.15) is 17.0 Å². The van der Waals surface area contributed by atoms with Crippen LogP contribution in [0.2, 0.25) is 0 Å². The van der Waals surface area contributed by atoms with Crippen LogP contribution in [0, 0.1) is 12.7 Å². The van der Waals surface area contributed by atoms with Gasteiger partial charge < -0.3 is 23.4 Å². The Morgan fingerprint density at radius 3 is 2.94 bits per heavy atom. The topological polar surface area (TPSA) is 65.6 Å². The molecule has 0 aliphatic carbocycles. The lowest BCUT2D eigenvalue weighted by atomic mass is 10.0. The molecule has 4 heterocycles. The highest BCUT2D eigenvalue weighted by Crippen LogP contribution is 2.40. The number of fused-ring (bicyclic) bond motifs is 2. The summed E-state index contributed by atoms with van der Waals surface area (Å²) in [5, 5.41) is 10.3. The number of benzene rings is 1. The molecular weight excluding hydrogens is 399 g/mol. The zero-order valence-corrected chi connectivity index (χ0v) is 17.9. The van der Waals surface area contributed by atoms with Gasteiger partial charge in [0.25, 0.3) is 0 Å². The Balaban J connectivity index is 1.65. The minimum atomic E-state index is -0.277. The smallest absolute Gasteiger partial charge is 0.188 e. The van der Waals surface area contributed by atoms with Gasteiger partial charge in [0.15, 0.2) is 18.3 Å². The van der Waals surface area contributed by atoms with Gasteiger partial charge in [0.05, 0.1) is 17.0 Å². The molecule has 4 aromatic rings. The van der Waals surface area contributed by atoms with E-state index in [0.717, 1.165) is 42.4 Å². The standard InChI is InChI=1S/C23H25FN4O3/c1-14-20-18(24)12-28(15-5-4-9-27(2)11-15)23(20)26-25-21(14)17-6-7-19-16(8-10-30-19)22(17)31-13-29-3/h6-8,10,12,15H,4-5,9,11,13H2,1-3H3/t15-/m1/s1. The van der Waals surface area contributed by atoms with E-state index in [2.05, 4.69) is 22.1 Å². The van der Waals surface area contributed by atoms with E-state index in [4.69, 9.17) is 13.9 Å². The van der Waals surface area contributed by atoms with E-state index in [0.29, 0.717) is 28.1 Å². The molecule has 0 spiro atoms. The molecule has 1 saturated heterocycles. The fraction of sp³-hybridized carbons (Fsp3) is 0.391. The van der Waals surface area contributed by atoms with Crippen LogP contribution >= 0.6 is 0 Å². The Hall–Kier alpha value is -2.97. The van der Waals surface area contributed by atoms with Crippen LogP contribution in [0.4, 0.5) is 4.39 Å². The van der Waals surface area contributed by atoms with E-state index in [-0.39, 0.29) is 18.7 Å². The SMILES string of the molecule is COCOc1c(-c2nnc3c(c(F)cn3[C@@H]3CCCN(C)C3)c2C)ccc2occc12. The average Bonchev–Trinajstić information content (AvgIpc) is 3.37. The number of halogens is 1. The van der Waals surface area contributed by atoms with E-state index in [1.807, 2.05) is 29.7 Å². The van der Waals surface area contributed by atoms with Crippen LogP contribution in [0.5, 0.6) is 5.75 Å².